The van der Waals surface area contributed by atoms with Crippen LogP contribution in [0.3, 0.4) is 0 Å². The zero-order valence-electron chi connectivity index (χ0n) is 15.9. The number of carbonyl (C=O) groups excluding carboxylic acids is 1. The van der Waals surface area contributed by atoms with Crippen molar-refractivity contribution >= 4 is 16.9 Å². The minimum Gasteiger partial charge on any atom is -0.352 e. The van der Waals surface area contributed by atoms with Crippen LogP contribution < -0.4 is 10.9 Å². The SMILES string of the molecule is CC(C)CCC(C)NC(=O)Cn1cnc2c(cnn2-c2ccccc2)c1=O. The number of amides is 1. The molecule has 0 fully saturated rings. The van der Waals surface area contributed by atoms with Gasteiger partial charge in [-0.2, -0.15) is 5.10 Å². The molecule has 7 heteroatoms. The highest BCUT2D eigenvalue weighted by atomic mass is 16.2. The Morgan fingerprint density at radius 2 is 1.89 bits per heavy atom. The summed E-state index contributed by atoms with van der Waals surface area (Å²) in [6.45, 7) is 6.24. The van der Waals surface area contributed by atoms with Crippen molar-refractivity contribution in [2.24, 2.45) is 5.92 Å². The second-order valence-electron chi connectivity index (χ2n) is 7.25. The standard InChI is InChI=1S/C20H25N5O2/c1-14(2)9-10-15(3)23-18(26)12-24-13-21-19-17(20(24)27)11-22-25(19)16-7-5-4-6-8-16/h4-8,11,13-15H,9-10,12H2,1-3H3,(H,23,26). The minimum absolute atomic E-state index is 0.0513. The Balaban J connectivity index is 1.76. The van der Waals surface area contributed by atoms with Gasteiger partial charge in [0.05, 0.1) is 11.9 Å². The highest BCUT2D eigenvalue weighted by Crippen LogP contribution is 2.13. The molecule has 1 N–H and O–H groups in total. The largest absolute Gasteiger partial charge is 0.352 e. The number of fused-ring (bicyclic) bond motifs is 1. The Labute approximate surface area is 158 Å². The lowest BCUT2D eigenvalue weighted by Crippen LogP contribution is -2.37. The maximum atomic E-state index is 12.7. The zero-order chi connectivity index (χ0) is 19.4. The van der Waals surface area contributed by atoms with Gasteiger partial charge in [0.1, 0.15) is 18.3 Å². The van der Waals surface area contributed by atoms with Gasteiger partial charge in [0.2, 0.25) is 5.91 Å². The summed E-state index contributed by atoms with van der Waals surface area (Å²) in [7, 11) is 0. The highest BCUT2D eigenvalue weighted by Gasteiger charge is 2.14. The van der Waals surface area contributed by atoms with Gasteiger partial charge in [0, 0.05) is 6.04 Å². The van der Waals surface area contributed by atoms with Gasteiger partial charge in [-0.3, -0.25) is 14.2 Å². The topological polar surface area (TPSA) is 81.8 Å². The lowest BCUT2D eigenvalue weighted by atomic mass is 10.0. The summed E-state index contributed by atoms with van der Waals surface area (Å²) in [6, 6.07) is 9.57. The first-order chi connectivity index (χ1) is 13.0. The molecule has 1 atom stereocenters. The van der Waals surface area contributed by atoms with Crippen LogP contribution in [0.25, 0.3) is 16.7 Å². The summed E-state index contributed by atoms with van der Waals surface area (Å²) < 4.78 is 2.94. The molecular formula is C20H25N5O2. The van der Waals surface area contributed by atoms with Crippen LogP contribution >= 0.6 is 0 Å². The number of carbonyl (C=O) groups is 1. The summed E-state index contributed by atoms with van der Waals surface area (Å²) >= 11 is 0. The van der Waals surface area contributed by atoms with E-state index in [4.69, 9.17) is 0 Å². The monoisotopic (exact) mass is 367 g/mol. The van der Waals surface area contributed by atoms with Crippen LogP contribution in [0.5, 0.6) is 0 Å². The van der Waals surface area contributed by atoms with Crippen molar-refractivity contribution in [3.63, 3.8) is 0 Å². The molecule has 0 saturated carbocycles. The number of hydrogen-bond acceptors (Lipinski definition) is 4. The van der Waals surface area contributed by atoms with Crippen molar-refractivity contribution in [2.45, 2.75) is 46.2 Å². The molecule has 27 heavy (non-hydrogen) atoms. The molecule has 0 aliphatic carbocycles. The van der Waals surface area contributed by atoms with E-state index in [9.17, 15) is 9.59 Å². The molecule has 3 rings (SSSR count). The zero-order valence-corrected chi connectivity index (χ0v) is 15.9. The van der Waals surface area contributed by atoms with Crippen LogP contribution in [-0.4, -0.2) is 31.3 Å². The van der Waals surface area contributed by atoms with E-state index in [2.05, 4.69) is 29.2 Å². The normalized spacial score (nSPS) is 12.4. The van der Waals surface area contributed by atoms with Crippen LogP contribution in [0.2, 0.25) is 0 Å². The summed E-state index contributed by atoms with van der Waals surface area (Å²) in [5.74, 6) is 0.407. The van der Waals surface area contributed by atoms with Gasteiger partial charge in [-0.25, -0.2) is 9.67 Å². The van der Waals surface area contributed by atoms with E-state index >= 15 is 0 Å². The molecule has 0 saturated heterocycles. The van der Waals surface area contributed by atoms with Crippen molar-refractivity contribution in [2.75, 3.05) is 0 Å². The van der Waals surface area contributed by atoms with Gasteiger partial charge in [-0.1, -0.05) is 32.0 Å². The van der Waals surface area contributed by atoms with Crippen molar-refractivity contribution in [1.82, 2.24) is 24.6 Å². The molecule has 142 valence electrons. The predicted molar refractivity (Wildman–Crippen MR) is 105 cm³/mol. The quantitative estimate of drug-likeness (QED) is 0.696. The third kappa shape index (κ3) is 4.42. The van der Waals surface area contributed by atoms with Gasteiger partial charge in [-0.05, 0) is 37.8 Å². The van der Waals surface area contributed by atoms with E-state index in [1.165, 1.54) is 17.1 Å². The maximum Gasteiger partial charge on any atom is 0.264 e. The molecule has 1 amide bonds. The van der Waals surface area contributed by atoms with E-state index in [-0.39, 0.29) is 24.1 Å². The van der Waals surface area contributed by atoms with Gasteiger partial charge in [0.25, 0.3) is 5.56 Å². The lowest BCUT2D eigenvalue weighted by molar-refractivity contribution is -0.122. The van der Waals surface area contributed by atoms with Crippen LogP contribution in [0.15, 0.2) is 47.7 Å². The fourth-order valence-electron chi connectivity index (χ4n) is 2.95. The molecule has 0 radical (unpaired) electrons. The van der Waals surface area contributed by atoms with Crippen LogP contribution in [0.4, 0.5) is 0 Å². The molecule has 7 nitrogen and oxygen atoms in total. The number of nitrogens with zero attached hydrogens (tertiary/aromatic N) is 4. The molecule has 0 bridgehead atoms. The number of nitrogens with one attached hydrogen (secondary N) is 1. The fraction of sp³-hybridized carbons (Fsp3) is 0.400. The second-order valence-corrected chi connectivity index (χ2v) is 7.25. The number of hydrogen-bond donors (Lipinski definition) is 1. The van der Waals surface area contributed by atoms with E-state index in [0.29, 0.717) is 17.0 Å². The minimum atomic E-state index is -0.271. The smallest absolute Gasteiger partial charge is 0.264 e. The Hall–Kier alpha value is -2.96. The molecule has 0 spiro atoms. The summed E-state index contributed by atoms with van der Waals surface area (Å²) in [5, 5.41) is 7.61. The molecular weight excluding hydrogens is 342 g/mol. The van der Waals surface area contributed by atoms with Gasteiger partial charge in [0.15, 0.2) is 5.65 Å². The molecule has 1 aromatic carbocycles. The van der Waals surface area contributed by atoms with Crippen LogP contribution in [0, 0.1) is 5.92 Å². The van der Waals surface area contributed by atoms with Crippen molar-refractivity contribution in [1.29, 1.82) is 0 Å². The molecule has 2 heterocycles. The number of benzene rings is 1. The molecule has 0 aliphatic rings. The second kappa shape index (κ2) is 8.16. The van der Waals surface area contributed by atoms with Gasteiger partial charge >= 0.3 is 0 Å². The van der Waals surface area contributed by atoms with E-state index in [1.54, 1.807) is 4.68 Å². The molecule has 0 aliphatic heterocycles. The van der Waals surface area contributed by atoms with Gasteiger partial charge in [-0.15, -0.1) is 0 Å². The average Bonchev–Trinajstić information content (AvgIpc) is 3.08. The van der Waals surface area contributed by atoms with E-state index in [0.717, 1.165) is 18.5 Å². The Kier molecular flexibility index (Phi) is 5.69. The maximum absolute atomic E-state index is 12.7. The first-order valence-electron chi connectivity index (χ1n) is 9.23. The molecule has 1 unspecified atom stereocenters. The summed E-state index contributed by atoms with van der Waals surface area (Å²) in [4.78, 5) is 29.3. The first kappa shape index (κ1) is 18.8. The van der Waals surface area contributed by atoms with Crippen LogP contribution in [-0.2, 0) is 11.3 Å². The lowest BCUT2D eigenvalue weighted by Gasteiger charge is -2.15. The van der Waals surface area contributed by atoms with Crippen molar-refractivity contribution in [3.05, 3.63) is 53.2 Å². The summed E-state index contributed by atoms with van der Waals surface area (Å²) in [5.41, 5.74) is 1.04. The Bertz CT molecular complexity index is 975. The third-order valence-corrected chi connectivity index (χ3v) is 4.45. The summed E-state index contributed by atoms with van der Waals surface area (Å²) in [6.07, 6.45) is 4.87. The fourth-order valence-corrected chi connectivity index (χ4v) is 2.95. The van der Waals surface area contributed by atoms with E-state index < -0.39 is 0 Å². The number of para-hydroxylation sites is 1. The molecule has 3 aromatic rings. The predicted octanol–water partition coefficient (Wildman–Crippen LogP) is 2.52. The van der Waals surface area contributed by atoms with Crippen molar-refractivity contribution in [3.8, 4) is 5.69 Å². The first-order valence-corrected chi connectivity index (χ1v) is 9.23. The van der Waals surface area contributed by atoms with E-state index in [1.807, 2.05) is 37.3 Å². The number of rotatable bonds is 7. The van der Waals surface area contributed by atoms with Crippen molar-refractivity contribution < 1.29 is 4.79 Å². The average molecular weight is 367 g/mol. The third-order valence-electron chi connectivity index (χ3n) is 4.45. The Morgan fingerprint density at radius 3 is 2.59 bits per heavy atom. The molecule has 2 aromatic heterocycles. The number of aromatic nitrogens is 4. The van der Waals surface area contributed by atoms with Gasteiger partial charge < -0.3 is 5.32 Å². The van der Waals surface area contributed by atoms with Crippen LogP contribution in [0.1, 0.15) is 33.6 Å². The Morgan fingerprint density at radius 1 is 1.15 bits per heavy atom. The highest BCUT2D eigenvalue weighted by molar-refractivity contribution is 5.78.